The van der Waals surface area contributed by atoms with Gasteiger partial charge in [-0.25, -0.2) is 0 Å². The van der Waals surface area contributed by atoms with Crippen molar-refractivity contribution in [2.45, 2.75) is 77.6 Å². The Kier molecular flexibility index (Phi) is 8.15. The van der Waals surface area contributed by atoms with Crippen molar-refractivity contribution in [2.75, 3.05) is 9.71 Å². The van der Waals surface area contributed by atoms with Crippen molar-refractivity contribution in [1.82, 2.24) is 0 Å². The van der Waals surface area contributed by atoms with Crippen molar-refractivity contribution in [3.63, 3.8) is 0 Å². The van der Waals surface area contributed by atoms with Crippen molar-refractivity contribution in [3.8, 4) is 33.4 Å². The zero-order chi connectivity index (χ0) is 47.9. The van der Waals surface area contributed by atoms with Crippen molar-refractivity contribution < 1.29 is 4.42 Å². The van der Waals surface area contributed by atoms with Crippen molar-refractivity contribution in [1.29, 1.82) is 0 Å². The van der Waals surface area contributed by atoms with Crippen LogP contribution in [0.4, 0.5) is 28.4 Å². The van der Waals surface area contributed by atoms with Gasteiger partial charge in [0.2, 0.25) is 0 Å². The highest BCUT2D eigenvalue weighted by Gasteiger charge is 2.59. The second kappa shape index (κ2) is 14.0. The van der Waals surface area contributed by atoms with Crippen molar-refractivity contribution in [2.24, 2.45) is 0 Å². The van der Waals surface area contributed by atoms with Gasteiger partial charge in [0.15, 0.2) is 8.07 Å². The van der Waals surface area contributed by atoms with Crippen LogP contribution in [0.5, 0.6) is 0 Å². The lowest BCUT2D eigenvalue weighted by Gasteiger charge is -2.51. The maximum Gasteiger partial charge on any atom is 0.375 e. The standard InChI is InChI=1S/C66H55BN2OSi/c1-64(2,3)42-32-33-51(47(37-42)40-20-9-8-10-21-40)68-53-36-41-22-11-12-23-43(41)59-46-26-19-31-58-61(46)69(52-27-15-18-30-57(52)71(58)55-28-16-13-24-44(55)45-25-14-17-29-56(45)71)67(60(53)59)63-62(68)48-38-49-50(39-54(48)70-63)66(6,7)35-34-65(49,4)5/h8-33,36-39H,34-35H2,1-7H3. The summed E-state index contributed by atoms with van der Waals surface area (Å²) in [6.45, 7) is 16.5. The Morgan fingerprint density at radius 3 is 1.86 bits per heavy atom. The maximum atomic E-state index is 7.84. The van der Waals surface area contributed by atoms with Gasteiger partial charge in [-0.1, -0.05) is 194 Å². The predicted octanol–water partition coefficient (Wildman–Crippen LogP) is 13.3. The second-order valence-electron chi connectivity index (χ2n) is 23.4. The summed E-state index contributed by atoms with van der Waals surface area (Å²) in [6, 6.07) is 70.4. The highest BCUT2D eigenvalue weighted by Crippen LogP contribution is 2.55. The fourth-order valence-electron chi connectivity index (χ4n) is 14.1. The van der Waals surface area contributed by atoms with E-state index in [1.807, 2.05) is 0 Å². The van der Waals surface area contributed by atoms with E-state index >= 15 is 0 Å². The predicted molar refractivity (Wildman–Crippen MR) is 303 cm³/mol. The Labute approximate surface area is 418 Å². The minimum Gasteiger partial charge on any atom is -0.466 e. The number of hydrogen-bond donors (Lipinski definition) is 0. The number of benzene rings is 9. The molecule has 0 saturated carbocycles. The van der Waals surface area contributed by atoms with E-state index in [-0.39, 0.29) is 23.1 Å². The van der Waals surface area contributed by atoms with Gasteiger partial charge in [-0.2, -0.15) is 0 Å². The molecule has 1 spiro atoms. The van der Waals surface area contributed by atoms with E-state index in [4.69, 9.17) is 4.42 Å². The maximum absolute atomic E-state index is 7.84. The first-order valence-electron chi connectivity index (χ1n) is 25.8. The molecule has 0 radical (unpaired) electrons. The van der Waals surface area contributed by atoms with Crippen LogP contribution in [0.3, 0.4) is 0 Å². The first kappa shape index (κ1) is 41.4. The van der Waals surface area contributed by atoms with Crippen molar-refractivity contribution >= 4 is 97.0 Å². The molecule has 3 nitrogen and oxygen atoms in total. The highest BCUT2D eigenvalue weighted by molar-refractivity contribution is 7.24. The van der Waals surface area contributed by atoms with Gasteiger partial charge in [-0.05, 0) is 141 Å². The van der Waals surface area contributed by atoms with Gasteiger partial charge < -0.3 is 14.1 Å². The molecule has 5 heterocycles. The van der Waals surface area contributed by atoms with Gasteiger partial charge in [0.1, 0.15) is 11.2 Å². The SMILES string of the molecule is CC(C)(C)c1ccc(N2c3cc4ccccc4c4c3B(c3oc5cc6c(cc5c32)C(C)(C)CCC6(C)C)N2c3ccccc3[Si]3(c5ccccc5-c5ccccc53)c3cccc-4c32)c(-c2ccccc2)c1. The summed E-state index contributed by atoms with van der Waals surface area (Å²) in [4.78, 5) is 5.38. The van der Waals surface area contributed by atoms with Crippen LogP contribution >= 0.6 is 0 Å². The molecule has 15 rings (SSSR count). The third-order valence-electron chi connectivity index (χ3n) is 17.6. The summed E-state index contributed by atoms with van der Waals surface area (Å²) in [6.07, 6.45) is 2.27. The Balaban J connectivity index is 1.13. The van der Waals surface area contributed by atoms with Gasteiger partial charge in [-0.15, -0.1) is 0 Å². The average Bonchev–Trinajstić information content (AvgIpc) is 3.91. The fraction of sp³-hybridized carbons (Fsp3) is 0.182. The van der Waals surface area contributed by atoms with E-state index in [9.17, 15) is 0 Å². The molecule has 0 bridgehead atoms. The summed E-state index contributed by atoms with van der Waals surface area (Å²) in [5, 5.41) is 9.54. The largest absolute Gasteiger partial charge is 0.466 e. The molecule has 0 fully saturated rings. The molecule has 9 aromatic carbocycles. The van der Waals surface area contributed by atoms with E-state index in [1.54, 1.807) is 0 Å². The molecule has 0 amide bonds. The summed E-state index contributed by atoms with van der Waals surface area (Å²) < 4.78 is 7.84. The number of para-hydroxylation sites is 2. The zero-order valence-electron chi connectivity index (χ0n) is 41.6. The van der Waals surface area contributed by atoms with E-state index < -0.39 is 8.07 Å². The Bertz CT molecular complexity index is 3920. The molecule has 1 aromatic heterocycles. The summed E-state index contributed by atoms with van der Waals surface area (Å²) in [5.41, 5.74) is 21.3. The Morgan fingerprint density at radius 1 is 0.507 bits per heavy atom. The minimum absolute atomic E-state index is 0.00479. The molecular formula is C66H55BN2OSi. The number of furan rings is 1. The molecule has 1 aliphatic carbocycles. The van der Waals surface area contributed by atoms with Crippen LogP contribution in [0.1, 0.15) is 78.0 Å². The second-order valence-corrected chi connectivity index (χ2v) is 27.1. The fourth-order valence-corrected chi connectivity index (χ4v) is 19.7. The lowest BCUT2D eigenvalue weighted by Crippen LogP contribution is -2.78. The highest BCUT2D eigenvalue weighted by atomic mass is 28.3. The molecular weight excluding hydrogens is 876 g/mol. The number of fused-ring (bicyclic) bond motifs is 18. The third-order valence-corrected chi connectivity index (χ3v) is 22.6. The van der Waals surface area contributed by atoms with Crippen LogP contribution in [-0.4, -0.2) is 14.9 Å². The monoisotopic (exact) mass is 930 g/mol. The van der Waals surface area contributed by atoms with Crippen LogP contribution < -0.4 is 41.6 Å². The first-order chi connectivity index (χ1) is 34.4. The van der Waals surface area contributed by atoms with Gasteiger partial charge in [0, 0.05) is 33.6 Å². The van der Waals surface area contributed by atoms with E-state index in [1.165, 1.54) is 110 Å². The molecule has 0 unspecified atom stereocenters. The van der Waals surface area contributed by atoms with Gasteiger partial charge in [0.25, 0.3) is 0 Å². The number of anilines is 5. The molecule has 4 aliphatic heterocycles. The topological polar surface area (TPSA) is 19.6 Å². The quantitative estimate of drug-likeness (QED) is 0.161. The van der Waals surface area contributed by atoms with E-state index in [2.05, 4.69) is 240 Å². The van der Waals surface area contributed by atoms with E-state index in [0.29, 0.717) is 0 Å². The van der Waals surface area contributed by atoms with Gasteiger partial charge in [-0.3, -0.25) is 0 Å². The lowest BCUT2D eigenvalue weighted by molar-refractivity contribution is 0.332. The Hall–Kier alpha value is -7.34. The number of hydrogen-bond acceptors (Lipinski definition) is 3. The van der Waals surface area contributed by atoms with Crippen molar-refractivity contribution in [3.05, 3.63) is 199 Å². The van der Waals surface area contributed by atoms with Crippen LogP contribution in [0, 0.1) is 0 Å². The van der Waals surface area contributed by atoms with Gasteiger partial charge in [0.05, 0.1) is 11.4 Å². The van der Waals surface area contributed by atoms with E-state index in [0.717, 1.165) is 35.5 Å². The zero-order valence-corrected chi connectivity index (χ0v) is 42.6. The molecule has 71 heavy (non-hydrogen) atoms. The van der Waals surface area contributed by atoms with Crippen LogP contribution in [0.15, 0.2) is 186 Å². The molecule has 5 aliphatic rings. The Morgan fingerprint density at radius 2 is 1.13 bits per heavy atom. The van der Waals surface area contributed by atoms with Crippen LogP contribution in [-0.2, 0) is 16.2 Å². The third kappa shape index (κ3) is 5.30. The summed E-state index contributed by atoms with van der Waals surface area (Å²) in [5.74, 6) is 0. The molecule has 5 heteroatoms. The van der Waals surface area contributed by atoms with Gasteiger partial charge >= 0.3 is 6.85 Å². The normalized spacial score (nSPS) is 16.8. The number of nitrogens with zero attached hydrogens (tertiary/aromatic N) is 2. The minimum atomic E-state index is -2.87. The average molecular weight is 931 g/mol. The van der Waals surface area contributed by atoms with Crippen LogP contribution in [0.2, 0.25) is 0 Å². The molecule has 10 aromatic rings. The molecule has 0 saturated heterocycles. The summed E-state index contributed by atoms with van der Waals surface area (Å²) >= 11 is 0. The smallest absolute Gasteiger partial charge is 0.375 e. The molecule has 0 N–H and O–H groups in total. The van der Waals surface area contributed by atoms with Crippen LogP contribution in [0.25, 0.3) is 55.1 Å². The first-order valence-corrected chi connectivity index (χ1v) is 27.8. The molecule has 342 valence electrons. The number of rotatable bonds is 2. The lowest BCUT2D eigenvalue weighted by atomic mass is 9.45. The summed E-state index contributed by atoms with van der Waals surface area (Å²) in [7, 11) is -2.87. The molecule has 0 atom stereocenters.